The summed E-state index contributed by atoms with van der Waals surface area (Å²) in [7, 11) is 0. The molecule has 0 aliphatic rings. The van der Waals surface area contributed by atoms with Crippen LogP contribution in [0.4, 0.5) is 18.9 Å². The van der Waals surface area contributed by atoms with Crippen molar-refractivity contribution in [3.05, 3.63) is 77.6 Å². The molecule has 0 bridgehead atoms. The summed E-state index contributed by atoms with van der Waals surface area (Å²) in [6.07, 6.45) is -2.40. The number of amides is 1. The predicted molar refractivity (Wildman–Crippen MR) is 118 cm³/mol. The number of alkyl halides is 2. The van der Waals surface area contributed by atoms with Crippen LogP contribution in [0.3, 0.4) is 0 Å². The summed E-state index contributed by atoms with van der Waals surface area (Å²) >= 11 is 0. The van der Waals surface area contributed by atoms with Gasteiger partial charge in [0, 0.05) is 35.9 Å². The van der Waals surface area contributed by atoms with Crippen molar-refractivity contribution in [2.45, 2.75) is 12.8 Å². The third-order valence-electron chi connectivity index (χ3n) is 4.92. The number of fused-ring (bicyclic) bond motifs is 1. The van der Waals surface area contributed by atoms with Gasteiger partial charge in [0.15, 0.2) is 0 Å². The van der Waals surface area contributed by atoms with E-state index in [9.17, 15) is 18.0 Å². The number of aromatic nitrogens is 2. The van der Waals surface area contributed by atoms with E-state index in [-0.39, 0.29) is 23.6 Å². The van der Waals surface area contributed by atoms with Gasteiger partial charge in [-0.2, -0.15) is 0 Å². The van der Waals surface area contributed by atoms with Crippen LogP contribution in [0, 0.1) is 5.82 Å². The van der Waals surface area contributed by atoms with Gasteiger partial charge in [-0.25, -0.2) is 18.2 Å². The number of aliphatic hydroxyl groups is 1. The van der Waals surface area contributed by atoms with Gasteiger partial charge in [-0.1, -0.05) is 12.1 Å². The molecule has 1 heterocycles. The van der Waals surface area contributed by atoms with Gasteiger partial charge in [0.25, 0.3) is 12.3 Å². The zero-order valence-corrected chi connectivity index (χ0v) is 17.3. The van der Waals surface area contributed by atoms with Crippen LogP contribution in [0.1, 0.15) is 28.8 Å². The van der Waals surface area contributed by atoms with Gasteiger partial charge in [-0.05, 0) is 42.5 Å². The maximum Gasteiger partial charge on any atom is 0.264 e. The molecule has 3 aromatic carbocycles. The quantitative estimate of drug-likeness (QED) is 0.314. The third-order valence-corrected chi connectivity index (χ3v) is 4.92. The number of carbonyl (C=O) groups is 1. The average molecular weight is 455 g/mol. The van der Waals surface area contributed by atoms with E-state index in [0.717, 1.165) is 12.1 Å². The van der Waals surface area contributed by atoms with Crippen molar-refractivity contribution in [2.24, 2.45) is 0 Å². The number of aliphatic hydroxyl groups excluding tert-OH is 1. The largest absolute Gasteiger partial charge is 0.493 e. The Balaban J connectivity index is 1.63. The Bertz CT molecular complexity index is 1290. The van der Waals surface area contributed by atoms with E-state index in [0.29, 0.717) is 35.5 Å². The Morgan fingerprint density at radius 1 is 1.12 bits per heavy atom. The number of nitrogens with zero attached hydrogens (tertiary/aromatic N) is 1. The Labute approximate surface area is 187 Å². The van der Waals surface area contributed by atoms with E-state index in [2.05, 4.69) is 15.3 Å². The monoisotopic (exact) mass is 455 g/mol. The lowest BCUT2D eigenvalue weighted by atomic mass is 10.1. The standard InChI is InChI=1S/C24H20F3N3O3/c25-14-8-9-17(19(12-14)22(26)27)23-29-20-7-2-6-18(21(20)30-23)24(32)28-15-4-1-5-16(13-15)33-11-3-10-31/h1-2,4-9,12-13,22,31H,3,10-11H2,(H,28,32)(H,29,30). The number of benzene rings is 3. The summed E-state index contributed by atoms with van der Waals surface area (Å²) in [5.74, 6) is -0.565. The molecule has 4 aromatic rings. The van der Waals surface area contributed by atoms with Gasteiger partial charge in [0.2, 0.25) is 0 Å². The lowest BCUT2D eigenvalue weighted by molar-refractivity contribution is 0.102. The molecule has 0 aliphatic carbocycles. The molecule has 0 unspecified atom stereocenters. The van der Waals surface area contributed by atoms with Gasteiger partial charge in [-0.3, -0.25) is 4.79 Å². The summed E-state index contributed by atoms with van der Waals surface area (Å²) in [6, 6.07) is 14.8. The average Bonchev–Trinajstić information content (AvgIpc) is 3.23. The highest BCUT2D eigenvalue weighted by Crippen LogP contribution is 2.32. The number of anilines is 1. The zero-order chi connectivity index (χ0) is 23.4. The van der Waals surface area contributed by atoms with Crippen LogP contribution in [-0.2, 0) is 0 Å². The summed E-state index contributed by atoms with van der Waals surface area (Å²) < 4.78 is 45.9. The first kappa shape index (κ1) is 22.3. The Morgan fingerprint density at radius 3 is 2.73 bits per heavy atom. The molecule has 0 fully saturated rings. The van der Waals surface area contributed by atoms with E-state index < -0.39 is 23.7 Å². The zero-order valence-electron chi connectivity index (χ0n) is 17.3. The lowest BCUT2D eigenvalue weighted by Gasteiger charge is -2.09. The Hall–Kier alpha value is -3.85. The maximum atomic E-state index is 13.5. The molecule has 33 heavy (non-hydrogen) atoms. The van der Waals surface area contributed by atoms with Crippen LogP contribution in [0.25, 0.3) is 22.4 Å². The van der Waals surface area contributed by atoms with E-state index >= 15 is 0 Å². The number of rotatable bonds is 8. The predicted octanol–water partition coefficient (Wildman–Crippen LogP) is 5.32. The smallest absolute Gasteiger partial charge is 0.264 e. The number of aromatic amines is 1. The number of hydrogen-bond acceptors (Lipinski definition) is 4. The molecule has 0 saturated heterocycles. The van der Waals surface area contributed by atoms with Crippen molar-refractivity contribution in [3.8, 4) is 17.1 Å². The highest BCUT2D eigenvalue weighted by atomic mass is 19.3. The van der Waals surface area contributed by atoms with Crippen molar-refractivity contribution < 1.29 is 27.8 Å². The molecule has 4 rings (SSSR count). The number of hydrogen-bond donors (Lipinski definition) is 3. The third kappa shape index (κ3) is 4.98. The first-order valence-corrected chi connectivity index (χ1v) is 10.2. The SMILES string of the molecule is O=C(Nc1cccc(OCCCO)c1)c1cccc2[nH]c(-c3ccc(F)cc3C(F)F)nc12. The minimum atomic E-state index is -2.89. The molecule has 1 aromatic heterocycles. The van der Waals surface area contributed by atoms with E-state index in [4.69, 9.17) is 9.84 Å². The first-order valence-electron chi connectivity index (χ1n) is 10.2. The van der Waals surface area contributed by atoms with Crippen LogP contribution in [0.2, 0.25) is 0 Å². The van der Waals surface area contributed by atoms with Crippen molar-refractivity contribution in [1.82, 2.24) is 9.97 Å². The normalized spacial score (nSPS) is 11.2. The van der Waals surface area contributed by atoms with Crippen molar-refractivity contribution in [1.29, 1.82) is 0 Å². The van der Waals surface area contributed by atoms with Crippen LogP contribution >= 0.6 is 0 Å². The number of carbonyl (C=O) groups excluding carboxylic acids is 1. The molecule has 0 saturated carbocycles. The summed E-state index contributed by atoms with van der Waals surface area (Å²) in [5, 5.41) is 11.6. The fourth-order valence-corrected chi connectivity index (χ4v) is 3.39. The molecular weight excluding hydrogens is 435 g/mol. The second kappa shape index (κ2) is 9.74. The van der Waals surface area contributed by atoms with E-state index in [1.807, 2.05) is 0 Å². The lowest BCUT2D eigenvalue weighted by Crippen LogP contribution is -2.12. The fraction of sp³-hybridized carbons (Fsp3) is 0.167. The van der Waals surface area contributed by atoms with Crippen LogP contribution in [-0.4, -0.2) is 34.2 Å². The number of imidazole rings is 1. The minimum absolute atomic E-state index is 0.0167. The molecule has 0 aliphatic heterocycles. The van der Waals surface area contributed by atoms with Gasteiger partial charge in [0.1, 0.15) is 22.9 Å². The van der Waals surface area contributed by atoms with Crippen LogP contribution in [0.5, 0.6) is 5.75 Å². The molecule has 9 heteroatoms. The molecule has 170 valence electrons. The molecule has 0 radical (unpaired) electrons. The maximum absolute atomic E-state index is 13.5. The second-order valence-corrected chi connectivity index (χ2v) is 7.23. The molecule has 6 nitrogen and oxygen atoms in total. The summed E-state index contributed by atoms with van der Waals surface area (Å²) in [6.45, 7) is 0.357. The van der Waals surface area contributed by atoms with E-state index in [1.165, 1.54) is 6.07 Å². The topological polar surface area (TPSA) is 87.2 Å². The van der Waals surface area contributed by atoms with Crippen LogP contribution < -0.4 is 10.1 Å². The van der Waals surface area contributed by atoms with Gasteiger partial charge < -0.3 is 20.1 Å². The number of ether oxygens (including phenoxy) is 1. The molecular formula is C24H20F3N3O3. The molecule has 3 N–H and O–H groups in total. The number of H-pyrrole nitrogens is 1. The van der Waals surface area contributed by atoms with Crippen molar-refractivity contribution >= 4 is 22.6 Å². The number of para-hydroxylation sites is 1. The highest BCUT2D eigenvalue weighted by Gasteiger charge is 2.20. The van der Waals surface area contributed by atoms with Gasteiger partial charge in [-0.15, -0.1) is 0 Å². The van der Waals surface area contributed by atoms with Gasteiger partial charge >= 0.3 is 0 Å². The molecule has 0 atom stereocenters. The summed E-state index contributed by atoms with van der Waals surface area (Å²) in [5.41, 5.74) is 1.07. The fourth-order valence-electron chi connectivity index (χ4n) is 3.39. The Kier molecular flexibility index (Phi) is 6.60. The summed E-state index contributed by atoms with van der Waals surface area (Å²) in [4.78, 5) is 20.3. The number of nitrogens with one attached hydrogen (secondary N) is 2. The number of halogens is 3. The van der Waals surface area contributed by atoms with Gasteiger partial charge in [0.05, 0.1) is 17.7 Å². The molecule has 1 amide bonds. The van der Waals surface area contributed by atoms with Crippen molar-refractivity contribution in [3.63, 3.8) is 0 Å². The molecule has 0 spiro atoms. The minimum Gasteiger partial charge on any atom is -0.493 e. The van der Waals surface area contributed by atoms with E-state index in [1.54, 1.807) is 42.5 Å². The first-order chi connectivity index (χ1) is 16.0. The van der Waals surface area contributed by atoms with Crippen LogP contribution in [0.15, 0.2) is 60.7 Å². The Morgan fingerprint density at radius 2 is 1.94 bits per heavy atom. The second-order valence-electron chi connectivity index (χ2n) is 7.23. The highest BCUT2D eigenvalue weighted by molar-refractivity contribution is 6.11. The van der Waals surface area contributed by atoms with Crippen molar-refractivity contribution in [2.75, 3.05) is 18.5 Å².